The molecule has 2 aromatic carbocycles. The molecule has 1 heterocycles. The maximum Gasteiger partial charge on any atom is 0.412 e. The van der Waals surface area contributed by atoms with Gasteiger partial charge in [0.05, 0.1) is 17.6 Å². The van der Waals surface area contributed by atoms with Crippen LogP contribution >= 0.6 is 11.6 Å². The van der Waals surface area contributed by atoms with Gasteiger partial charge in [0.15, 0.2) is 0 Å². The Balaban J connectivity index is 0.00000507. The number of halogens is 5. The van der Waals surface area contributed by atoms with Gasteiger partial charge < -0.3 is 15.0 Å². The molecule has 0 aliphatic rings. The van der Waals surface area contributed by atoms with Crippen molar-refractivity contribution in [1.82, 2.24) is 15.2 Å². The minimum atomic E-state index is -4.46. The van der Waals surface area contributed by atoms with Crippen molar-refractivity contribution in [1.29, 1.82) is 0 Å². The Morgan fingerprint density at radius 1 is 1.13 bits per heavy atom. The second-order valence-electron chi connectivity index (χ2n) is 8.26. The molecule has 2 amide bonds. The normalized spacial score (nSPS) is 11.9. The summed E-state index contributed by atoms with van der Waals surface area (Å²) in [7, 11) is 1.39. The van der Waals surface area contributed by atoms with Gasteiger partial charge in [-0.25, -0.2) is 14.2 Å². The van der Waals surface area contributed by atoms with Crippen LogP contribution < -0.4 is 10.6 Å². The second-order valence-corrected chi connectivity index (χ2v) is 8.64. The lowest BCUT2D eigenvalue weighted by molar-refractivity contribution is -0.133. The van der Waals surface area contributed by atoms with Gasteiger partial charge in [0, 0.05) is 31.6 Å². The third-order valence-corrected chi connectivity index (χ3v) is 5.98. The summed E-state index contributed by atoms with van der Waals surface area (Å²) in [5.74, 6) is -0.833. The van der Waals surface area contributed by atoms with Gasteiger partial charge in [0.25, 0.3) is 0 Å². The summed E-state index contributed by atoms with van der Waals surface area (Å²) in [6.45, 7) is -1.95. The zero-order chi connectivity index (χ0) is 27.0. The number of aromatic nitrogens is 1. The van der Waals surface area contributed by atoms with Crippen LogP contribution in [0, 0.1) is 5.82 Å². The molecule has 12 heteroatoms. The summed E-state index contributed by atoms with van der Waals surface area (Å²) in [5, 5.41) is 6.32. The van der Waals surface area contributed by atoms with E-state index >= 15 is 0 Å². The molecule has 0 spiro atoms. The van der Waals surface area contributed by atoms with Gasteiger partial charge in [0.1, 0.15) is 18.2 Å². The topological polar surface area (TPSA) is 83.6 Å². The number of carbonyl (C=O) groups is 2. The Kier molecular flexibility index (Phi) is 11.3. The molecule has 3 rings (SSSR count). The average molecular weight is 557 g/mol. The zero-order valence-electron chi connectivity index (χ0n) is 19.8. The quantitative estimate of drug-likeness (QED) is 0.307. The number of rotatable bonds is 10. The highest BCUT2D eigenvalue weighted by molar-refractivity contribution is 6.31. The highest BCUT2D eigenvalue weighted by atomic mass is 35.5. The minimum absolute atomic E-state index is 0. The van der Waals surface area contributed by atoms with Crippen molar-refractivity contribution in [2.75, 3.05) is 32.1 Å². The summed E-state index contributed by atoms with van der Waals surface area (Å²) in [5.41, 5.74) is 0.425. The monoisotopic (exact) mass is 556 g/mol. The van der Waals surface area contributed by atoms with E-state index in [2.05, 4.69) is 15.6 Å². The van der Waals surface area contributed by atoms with Crippen LogP contribution in [0.2, 0.25) is 5.02 Å². The van der Waals surface area contributed by atoms with Crippen LogP contribution in [0.4, 0.5) is 28.2 Å². The van der Waals surface area contributed by atoms with Crippen LogP contribution in [0.25, 0.3) is 10.8 Å². The van der Waals surface area contributed by atoms with E-state index in [4.69, 9.17) is 16.3 Å². The fraction of sp³-hybridized carbons (Fsp3) is 0.346. The number of carbonyl (C=O) groups excluding carboxylic acids is 2. The van der Waals surface area contributed by atoms with Gasteiger partial charge in [-0.2, -0.15) is 13.2 Å². The number of nitrogens with one attached hydrogen (secondary N) is 2. The highest BCUT2D eigenvalue weighted by Crippen LogP contribution is 2.21. The number of fused-ring (bicyclic) bond motifs is 1. The van der Waals surface area contributed by atoms with E-state index in [0.717, 1.165) is 10.8 Å². The lowest BCUT2D eigenvalue weighted by Gasteiger charge is -2.28. The van der Waals surface area contributed by atoms with E-state index in [0.29, 0.717) is 5.56 Å². The Labute approximate surface area is 223 Å². The van der Waals surface area contributed by atoms with Gasteiger partial charge >= 0.3 is 12.3 Å². The average Bonchev–Trinajstić information content (AvgIpc) is 2.85. The third-order valence-electron chi connectivity index (χ3n) is 5.55. The summed E-state index contributed by atoms with van der Waals surface area (Å²) in [4.78, 5) is 30.4. The fourth-order valence-corrected chi connectivity index (χ4v) is 3.74. The number of pyridine rings is 1. The van der Waals surface area contributed by atoms with E-state index in [-0.39, 0.29) is 44.3 Å². The molecule has 0 fully saturated rings. The fourth-order valence-electron chi connectivity index (χ4n) is 3.52. The predicted molar refractivity (Wildman–Crippen MR) is 139 cm³/mol. The zero-order valence-corrected chi connectivity index (χ0v) is 20.6. The van der Waals surface area contributed by atoms with Gasteiger partial charge in [-0.1, -0.05) is 55.4 Å². The van der Waals surface area contributed by atoms with Crippen molar-refractivity contribution in [3.8, 4) is 0 Å². The molecular formula is C26H29ClF4N4O3. The number of benzene rings is 2. The first kappa shape index (κ1) is 30.8. The van der Waals surface area contributed by atoms with Crippen molar-refractivity contribution in [3.63, 3.8) is 0 Å². The van der Waals surface area contributed by atoms with Crippen molar-refractivity contribution in [2.45, 2.75) is 32.5 Å². The van der Waals surface area contributed by atoms with Crippen molar-refractivity contribution in [2.24, 2.45) is 0 Å². The largest absolute Gasteiger partial charge is 0.447 e. The van der Waals surface area contributed by atoms with E-state index in [1.165, 1.54) is 24.1 Å². The van der Waals surface area contributed by atoms with Crippen LogP contribution in [0.5, 0.6) is 0 Å². The maximum atomic E-state index is 13.6. The SMILES string of the molecule is C.CN(C(=O)CCc1cccc(F)c1Cl)[C@@H](CNCC(F)(F)F)COC(=O)Nc1cc2ccccc2cn1. The number of anilines is 1. The first-order valence-corrected chi connectivity index (χ1v) is 11.7. The molecule has 206 valence electrons. The number of alkyl halides is 3. The Morgan fingerprint density at radius 2 is 1.84 bits per heavy atom. The molecule has 3 aromatic rings. The smallest absolute Gasteiger partial charge is 0.412 e. The molecule has 7 nitrogen and oxygen atoms in total. The number of ether oxygens (including phenoxy) is 1. The van der Waals surface area contributed by atoms with Gasteiger partial charge in [-0.3, -0.25) is 10.1 Å². The predicted octanol–water partition coefficient (Wildman–Crippen LogP) is 5.82. The molecule has 0 bridgehead atoms. The Hall–Kier alpha value is -3.44. The Morgan fingerprint density at radius 3 is 2.55 bits per heavy atom. The lowest BCUT2D eigenvalue weighted by Crippen LogP contribution is -2.48. The Bertz CT molecular complexity index is 1240. The van der Waals surface area contributed by atoms with E-state index in [9.17, 15) is 27.2 Å². The highest BCUT2D eigenvalue weighted by Gasteiger charge is 2.28. The van der Waals surface area contributed by atoms with E-state index < -0.39 is 36.6 Å². The molecular weight excluding hydrogens is 528 g/mol. The molecule has 0 aliphatic carbocycles. The van der Waals surface area contributed by atoms with Gasteiger partial charge in [-0.05, 0) is 29.5 Å². The molecule has 0 radical (unpaired) electrons. The maximum absolute atomic E-state index is 13.6. The summed E-state index contributed by atoms with van der Waals surface area (Å²) in [6.07, 6.45) is -3.72. The van der Waals surface area contributed by atoms with Crippen LogP contribution in [-0.2, 0) is 16.0 Å². The first-order valence-electron chi connectivity index (χ1n) is 11.3. The van der Waals surface area contributed by atoms with Crippen LogP contribution in [-0.4, -0.2) is 60.8 Å². The number of hydrogen-bond donors (Lipinski definition) is 2. The molecule has 2 N–H and O–H groups in total. The molecule has 0 aliphatic heterocycles. The van der Waals surface area contributed by atoms with Crippen LogP contribution in [0.3, 0.4) is 0 Å². The van der Waals surface area contributed by atoms with Crippen LogP contribution in [0.1, 0.15) is 19.4 Å². The molecule has 0 unspecified atom stereocenters. The van der Waals surface area contributed by atoms with Gasteiger partial charge in [0.2, 0.25) is 5.91 Å². The number of nitrogens with zero attached hydrogens (tertiary/aromatic N) is 2. The van der Waals surface area contributed by atoms with E-state index in [1.54, 1.807) is 18.3 Å². The number of amides is 2. The first-order chi connectivity index (χ1) is 17.5. The third kappa shape index (κ3) is 9.14. The van der Waals surface area contributed by atoms with Crippen molar-refractivity contribution in [3.05, 3.63) is 71.1 Å². The second kappa shape index (κ2) is 13.9. The lowest BCUT2D eigenvalue weighted by atomic mass is 10.1. The number of hydrogen-bond acceptors (Lipinski definition) is 5. The summed E-state index contributed by atoms with van der Waals surface area (Å²) in [6, 6.07) is 12.4. The van der Waals surface area contributed by atoms with Gasteiger partial charge in [-0.15, -0.1) is 0 Å². The molecule has 1 atom stereocenters. The molecule has 1 aromatic heterocycles. The van der Waals surface area contributed by atoms with E-state index in [1.807, 2.05) is 24.3 Å². The minimum Gasteiger partial charge on any atom is -0.447 e. The van der Waals surface area contributed by atoms with Crippen molar-refractivity contribution < 1.29 is 31.9 Å². The summed E-state index contributed by atoms with van der Waals surface area (Å²) < 4.78 is 56.7. The van der Waals surface area contributed by atoms with Crippen molar-refractivity contribution >= 4 is 40.2 Å². The standard InChI is InChI=1S/C25H25ClF4N4O3.CH4/c1-34(22(35)10-9-16-7-4-8-20(27)23(16)26)19(13-31-15-25(28,29)30)14-37-24(36)33-21-11-17-5-2-3-6-18(17)12-32-21;/h2-8,11-12,19,31H,9-10,13-15H2,1H3,(H,32,33,36);1H4/t19-;/m0./s1. The number of likely N-dealkylation sites (N-methyl/N-ethyl adjacent to an activating group) is 1. The molecule has 0 saturated heterocycles. The summed E-state index contributed by atoms with van der Waals surface area (Å²) >= 11 is 5.93. The molecule has 0 saturated carbocycles. The van der Waals surface area contributed by atoms with Crippen LogP contribution in [0.15, 0.2) is 54.7 Å². The molecule has 38 heavy (non-hydrogen) atoms. The number of aryl methyl sites for hydroxylation is 1.